The Morgan fingerprint density at radius 3 is 2.94 bits per heavy atom. The number of anilines is 2. The van der Waals surface area contributed by atoms with Crippen LogP contribution >= 0.6 is 15.9 Å². The second-order valence-electron chi connectivity index (χ2n) is 3.71. The number of nitrogens with zero attached hydrogens (tertiary/aromatic N) is 4. The molecule has 0 aliphatic heterocycles. The zero-order valence-corrected chi connectivity index (χ0v) is 11.2. The zero-order valence-electron chi connectivity index (χ0n) is 9.61. The third-order valence-corrected chi connectivity index (χ3v) is 3.49. The average molecular weight is 297 g/mol. The van der Waals surface area contributed by atoms with Gasteiger partial charge in [-0.1, -0.05) is 0 Å². The molecular formula is C10H13BrN6. The van der Waals surface area contributed by atoms with Crippen molar-refractivity contribution < 1.29 is 0 Å². The molecule has 0 atom stereocenters. The normalized spacial score (nSPS) is 10.5. The summed E-state index contributed by atoms with van der Waals surface area (Å²) in [5, 5.41) is 11.0. The summed E-state index contributed by atoms with van der Waals surface area (Å²) in [5.41, 5.74) is 7.40. The lowest BCUT2D eigenvalue weighted by atomic mass is 10.2. The second-order valence-corrected chi connectivity index (χ2v) is 4.51. The van der Waals surface area contributed by atoms with Gasteiger partial charge in [0, 0.05) is 7.05 Å². The minimum absolute atomic E-state index is 0.561. The van der Waals surface area contributed by atoms with Crippen LogP contribution in [0.3, 0.4) is 0 Å². The lowest BCUT2D eigenvalue weighted by Crippen LogP contribution is -2.08. The molecule has 7 heteroatoms. The van der Waals surface area contributed by atoms with Crippen molar-refractivity contribution in [2.24, 2.45) is 7.05 Å². The topological polar surface area (TPSA) is 81.7 Å². The van der Waals surface area contributed by atoms with Crippen LogP contribution in [0.25, 0.3) is 0 Å². The van der Waals surface area contributed by atoms with Crippen LogP contribution in [0.5, 0.6) is 0 Å². The van der Waals surface area contributed by atoms with Crippen LogP contribution in [-0.2, 0) is 13.6 Å². The Kier molecular flexibility index (Phi) is 3.28. The Balaban J connectivity index is 2.15. The second kappa shape index (κ2) is 4.70. The van der Waals surface area contributed by atoms with E-state index in [1.54, 1.807) is 12.5 Å². The quantitative estimate of drug-likeness (QED) is 0.896. The molecule has 0 unspecified atom stereocenters. The lowest BCUT2D eigenvalue weighted by molar-refractivity contribution is 0.810. The Labute approximate surface area is 107 Å². The number of nitrogens with one attached hydrogen (secondary N) is 1. The van der Waals surface area contributed by atoms with Crippen molar-refractivity contribution in [3.05, 3.63) is 28.4 Å². The van der Waals surface area contributed by atoms with E-state index in [9.17, 15) is 0 Å². The molecule has 2 aromatic rings. The van der Waals surface area contributed by atoms with E-state index in [2.05, 4.69) is 36.4 Å². The molecule has 0 radical (unpaired) electrons. The van der Waals surface area contributed by atoms with Crippen molar-refractivity contribution in [2.45, 2.75) is 13.5 Å². The van der Waals surface area contributed by atoms with Gasteiger partial charge in [0.25, 0.3) is 0 Å². The smallest absolute Gasteiger partial charge is 0.151 e. The van der Waals surface area contributed by atoms with E-state index >= 15 is 0 Å². The molecule has 0 aliphatic rings. The van der Waals surface area contributed by atoms with Crippen LogP contribution in [0.15, 0.2) is 17.0 Å². The number of rotatable bonds is 3. The Morgan fingerprint density at radius 1 is 1.53 bits per heavy atom. The van der Waals surface area contributed by atoms with E-state index in [-0.39, 0.29) is 0 Å². The molecule has 0 fully saturated rings. The summed E-state index contributed by atoms with van der Waals surface area (Å²) in [6, 6.07) is 0. The van der Waals surface area contributed by atoms with Gasteiger partial charge in [0.2, 0.25) is 0 Å². The Bertz CT molecular complexity index is 536. The highest BCUT2D eigenvalue weighted by molar-refractivity contribution is 9.10. The van der Waals surface area contributed by atoms with Crippen LogP contribution < -0.4 is 11.1 Å². The van der Waals surface area contributed by atoms with Crippen molar-refractivity contribution in [2.75, 3.05) is 11.1 Å². The van der Waals surface area contributed by atoms with Crippen LogP contribution in [-0.4, -0.2) is 19.7 Å². The fourth-order valence-electron chi connectivity index (χ4n) is 1.35. The first-order chi connectivity index (χ1) is 8.09. The fourth-order valence-corrected chi connectivity index (χ4v) is 1.82. The van der Waals surface area contributed by atoms with Gasteiger partial charge in [-0.2, -0.15) is 0 Å². The first-order valence-electron chi connectivity index (χ1n) is 5.07. The van der Waals surface area contributed by atoms with Gasteiger partial charge in [0.1, 0.15) is 12.1 Å². The van der Waals surface area contributed by atoms with Gasteiger partial charge >= 0.3 is 0 Å². The number of hydrogen-bond acceptors (Lipinski definition) is 5. The maximum atomic E-state index is 5.76. The molecule has 3 N–H and O–H groups in total. The van der Waals surface area contributed by atoms with Crippen molar-refractivity contribution in [1.82, 2.24) is 19.7 Å². The number of hydrogen-bond donors (Lipinski definition) is 2. The van der Waals surface area contributed by atoms with E-state index in [1.807, 2.05) is 18.5 Å². The molecular weight excluding hydrogens is 284 g/mol. The number of nitrogen functional groups attached to an aromatic ring is 1. The molecule has 2 rings (SSSR count). The first kappa shape index (κ1) is 11.8. The van der Waals surface area contributed by atoms with Crippen LogP contribution in [0.2, 0.25) is 0 Å². The summed E-state index contributed by atoms with van der Waals surface area (Å²) in [7, 11) is 1.90. The number of nitrogens with two attached hydrogens (primary N) is 1. The summed E-state index contributed by atoms with van der Waals surface area (Å²) in [4.78, 5) is 4.23. The maximum Gasteiger partial charge on any atom is 0.151 e. The summed E-state index contributed by atoms with van der Waals surface area (Å²) >= 11 is 3.47. The third-order valence-electron chi connectivity index (χ3n) is 2.52. The van der Waals surface area contributed by atoms with Gasteiger partial charge in [0.15, 0.2) is 5.82 Å². The molecule has 0 aliphatic carbocycles. The first-order valence-corrected chi connectivity index (χ1v) is 5.86. The van der Waals surface area contributed by atoms with E-state index in [0.717, 1.165) is 21.7 Å². The van der Waals surface area contributed by atoms with Crippen molar-refractivity contribution >= 4 is 27.4 Å². The summed E-state index contributed by atoms with van der Waals surface area (Å²) in [6.07, 6.45) is 3.30. The van der Waals surface area contributed by atoms with Crippen LogP contribution in [0.1, 0.15) is 11.4 Å². The lowest BCUT2D eigenvalue weighted by Gasteiger charge is -2.10. The fraction of sp³-hybridized carbons (Fsp3) is 0.300. The van der Waals surface area contributed by atoms with Gasteiger partial charge in [-0.05, 0) is 28.4 Å². The van der Waals surface area contributed by atoms with E-state index in [0.29, 0.717) is 12.2 Å². The third kappa shape index (κ3) is 2.38. The predicted molar refractivity (Wildman–Crippen MR) is 69.4 cm³/mol. The molecule has 2 heterocycles. The monoisotopic (exact) mass is 296 g/mol. The van der Waals surface area contributed by atoms with E-state index < -0.39 is 0 Å². The number of aryl methyl sites for hydroxylation is 1. The molecule has 0 saturated heterocycles. The standard InChI is InChI=1S/C10H13BrN6/c1-6-7(12)3-13-10(9(6)11)14-4-8-16-15-5-17(8)2/h3,5H,4,12H2,1-2H3,(H,13,14). The van der Waals surface area contributed by atoms with Gasteiger partial charge < -0.3 is 15.6 Å². The largest absolute Gasteiger partial charge is 0.397 e. The number of pyridine rings is 1. The van der Waals surface area contributed by atoms with Gasteiger partial charge in [-0.3, -0.25) is 0 Å². The molecule has 0 bridgehead atoms. The molecule has 6 nitrogen and oxygen atoms in total. The average Bonchev–Trinajstić information content (AvgIpc) is 2.71. The molecule has 2 aromatic heterocycles. The van der Waals surface area contributed by atoms with Crippen molar-refractivity contribution in [3.63, 3.8) is 0 Å². The molecule has 0 saturated carbocycles. The van der Waals surface area contributed by atoms with Gasteiger partial charge in [-0.25, -0.2) is 4.98 Å². The molecule has 0 spiro atoms. The molecule has 90 valence electrons. The van der Waals surface area contributed by atoms with Crippen molar-refractivity contribution in [3.8, 4) is 0 Å². The Hall–Kier alpha value is -1.63. The molecule has 17 heavy (non-hydrogen) atoms. The maximum absolute atomic E-state index is 5.76. The van der Waals surface area contributed by atoms with E-state index in [1.165, 1.54) is 0 Å². The molecule has 0 aromatic carbocycles. The van der Waals surface area contributed by atoms with Gasteiger partial charge in [0.05, 0.1) is 22.9 Å². The van der Waals surface area contributed by atoms with Gasteiger partial charge in [-0.15, -0.1) is 10.2 Å². The highest BCUT2D eigenvalue weighted by atomic mass is 79.9. The highest BCUT2D eigenvalue weighted by Crippen LogP contribution is 2.27. The number of halogens is 1. The SMILES string of the molecule is Cc1c(N)cnc(NCc2nncn2C)c1Br. The number of aromatic nitrogens is 4. The minimum Gasteiger partial charge on any atom is -0.397 e. The van der Waals surface area contributed by atoms with E-state index in [4.69, 9.17) is 5.73 Å². The summed E-state index contributed by atoms with van der Waals surface area (Å²) < 4.78 is 2.73. The summed E-state index contributed by atoms with van der Waals surface area (Å²) in [5.74, 6) is 1.59. The van der Waals surface area contributed by atoms with Crippen LogP contribution in [0, 0.1) is 6.92 Å². The van der Waals surface area contributed by atoms with Crippen LogP contribution in [0.4, 0.5) is 11.5 Å². The predicted octanol–water partition coefficient (Wildman–Crippen LogP) is 1.48. The zero-order chi connectivity index (χ0) is 12.4. The summed E-state index contributed by atoms with van der Waals surface area (Å²) in [6.45, 7) is 2.50. The highest BCUT2D eigenvalue weighted by Gasteiger charge is 2.08. The minimum atomic E-state index is 0.561. The molecule has 0 amide bonds. The Morgan fingerprint density at radius 2 is 2.29 bits per heavy atom. The van der Waals surface area contributed by atoms with Crippen molar-refractivity contribution in [1.29, 1.82) is 0 Å².